The number of thioether (sulfide) groups is 1. The molecular formula is C27H26BrCl2N3O5S. The number of esters is 1. The Hall–Kier alpha value is -2.71. The van der Waals surface area contributed by atoms with Crippen molar-refractivity contribution in [3.63, 3.8) is 0 Å². The number of amides is 2. The first-order chi connectivity index (χ1) is 18.6. The van der Waals surface area contributed by atoms with E-state index in [1.165, 1.54) is 12.1 Å². The van der Waals surface area contributed by atoms with Crippen LogP contribution in [0.25, 0.3) is 0 Å². The van der Waals surface area contributed by atoms with E-state index in [1.54, 1.807) is 6.92 Å². The van der Waals surface area contributed by atoms with Crippen molar-refractivity contribution in [2.75, 3.05) is 24.8 Å². The van der Waals surface area contributed by atoms with Crippen molar-refractivity contribution < 1.29 is 23.9 Å². The number of halogens is 3. The van der Waals surface area contributed by atoms with Gasteiger partial charge < -0.3 is 20.1 Å². The van der Waals surface area contributed by atoms with Crippen molar-refractivity contribution in [3.8, 4) is 11.8 Å². The van der Waals surface area contributed by atoms with Crippen molar-refractivity contribution >= 4 is 74.4 Å². The summed E-state index contributed by atoms with van der Waals surface area (Å²) in [4.78, 5) is 38.7. The Kier molecular flexibility index (Phi) is 10.7. The SMILES string of the molecule is CCOc1c(Cl)cc([C@H]2C(C#N)=C(SCC(=O)Nc3c(C)cc(Br)cc3CC)NC(=O)[C@@H]2C(=O)OC)cc1Cl. The van der Waals surface area contributed by atoms with E-state index in [1.807, 2.05) is 26.0 Å². The van der Waals surface area contributed by atoms with Crippen molar-refractivity contribution in [1.29, 1.82) is 5.26 Å². The Labute approximate surface area is 249 Å². The predicted molar refractivity (Wildman–Crippen MR) is 156 cm³/mol. The average Bonchev–Trinajstić information content (AvgIpc) is 2.89. The van der Waals surface area contributed by atoms with E-state index < -0.39 is 23.7 Å². The summed E-state index contributed by atoms with van der Waals surface area (Å²) in [5.41, 5.74) is 3.01. The number of hydrogen-bond acceptors (Lipinski definition) is 7. The number of nitrogens with zero attached hydrogens (tertiary/aromatic N) is 1. The second-order valence-corrected chi connectivity index (χ2v) is 11.2. The molecule has 2 N–H and O–H groups in total. The Morgan fingerprint density at radius 1 is 1.21 bits per heavy atom. The minimum Gasteiger partial charge on any atom is -0.491 e. The molecule has 2 aromatic rings. The van der Waals surface area contributed by atoms with Crippen LogP contribution in [0.15, 0.2) is 39.3 Å². The van der Waals surface area contributed by atoms with Crippen LogP contribution in [0.4, 0.5) is 5.69 Å². The molecule has 1 aliphatic heterocycles. The van der Waals surface area contributed by atoms with Gasteiger partial charge in [0.05, 0.1) is 46.2 Å². The quantitative estimate of drug-likeness (QED) is 0.247. The van der Waals surface area contributed by atoms with Crippen LogP contribution in [0.2, 0.25) is 10.0 Å². The number of carbonyl (C=O) groups is 3. The van der Waals surface area contributed by atoms with Gasteiger partial charge in [-0.2, -0.15) is 5.26 Å². The first-order valence-electron chi connectivity index (χ1n) is 11.9. The molecule has 0 saturated carbocycles. The molecule has 1 heterocycles. The Morgan fingerprint density at radius 2 is 1.87 bits per heavy atom. The number of hydrogen-bond donors (Lipinski definition) is 2. The van der Waals surface area contributed by atoms with Crippen molar-refractivity contribution in [1.82, 2.24) is 5.32 Å². The summed E-state index contributed by atoms with van der Waals surface area (Å²) in [5, 5.41) is 16.2. The number of allylic oxidation sites excluding steroid dienone is 1. The number of methoxy groups -OCH3 is 1. The maximum absolute atomic E-state index is 13.1. The minimum atomic E-state index is -1.37. The van der Waals surface area contributed by atoms with Gasteiger partial charge in [-0.1, -0.05) is 57.8 Å². The number of aryl methyl sites for hydroxylation is 2. The molecule has 0 spiro atoms. The smallest absolute Gasteiger partial charge is 0.319 e. The van der Waals surface area contributed by atoms with E-state index in [-0.39, 0.29) is 38.1 Å². The van der Waals surface area contributed by atoms with Crippen LogP contribution >= 0.6 is 50.9 Å². The molecule has 0 radical (unpaired) electrons. The van der Waals surface area contributed by atoms with E-state index in [9.17, 15) is 19.6 Å². The zero-order valence-corrected chi connectivity index (χ0v) is 25.5. The molecule has 0 bridgehead atoms. The molecule has 12 heteroatoms. The van der Waals surface area contributed by atoms with Gasteiger partial charge in [-0.15, -0.1) is 0 Å². The van der Waals surface area contributed by atoms with Gasteiger partial charge in [0.15, 0.2) is 5.75 Å². The predicted octanol–water partition coefficient (Wildman–Crippen LogP) is 6.14. The van der Waals surface area contributed by atoms with Crippen LogP contribution in [0.1, 0.15) is 36.5 Å². The van der Waals surface area contributed by atoms with Crippen LogP contribution in [-0.4, -0.2) is 37.3 Å². The molecule has 2 amide bonds. The third-order valence-corrected chi connectivity index (χ3v) is 8.06. The number of anilines is 1. The van der Waals surface area contributed by atoms with Crippen LogP contribution in [0.3, 0.4) is 0 Å². The first-order valence-corrected chi connectivity index (χ1v) is 14.5. The monoisotopic (exact) mass is 653 g/mol. The number of nitrogens with one attached hydrogen (secondary N) is 2. The molecule has 206 valence electrons. The molecule has 0 aliphatic carbocycles. The lowest BCUT2D eigenvalue weighted by Gasteiger charge is -2.31. The lowest BCUT2D eigenvalue weighted by atomic mass is 9.78. The fourth-order valence-electron chi connectivity index (χ4n) is 4.30. The van der Waals surface area contributed by atoms with Crippen molar-refractivity contribution in [2.45, 2.75) is 33.1 Å². The second-order valence-electron chi connectivity index (χ2n) is 8.52. The summed E-state index contributed by atoms with van der Waals surface area (Å²) in [6.07, 6.45) is 0.715. The summed E-state index contributed by atoms with van der Waals surface area (Å²) in [6.45, 7) is 5.98. The van der Waals surface area contributed by atoms with E-state index in [0.717, 1.165) is 40.2 Å². The number of rotatable bonds is 9. The van der Waals surface area contributed by atoms with Gasteiger partial charge in [-0.05, 0) is 61.2 Å². The van der Waals surface area contributed by atoms with E-state index in [4.69, 9.17) is 32.7 Å². The molecule has 3 rings (SSSR count). The van der Waals surface area contributed by atoms with Gasteiger partial charge in [0, 0.05) is 16.1 Å². The fraction of sp³-hybridized carbons (Fsp3) is 0.333. The topological polar surface area (TPSA) is 118 Å². The summed E-state index contributed by atoms with van der Waals surface area (Å²) in [5.74, 6) is -4.09. The maximum atomic E-state index is 13.1. The number of benzene rings is 2. The molecule has 0 saturated heterocycles. The molecular weight excluding hydrogens is 629 g/mol. The average molecular weight is 655 g/mol. The highest BCUT2D eigenvalue weighted by molar-refractivity contribution is 9.10. The fourth-order valence-corrected chi connectivity index (χ4v) is 6.39. The van der Waals surface area contributed by atoms with Crippen LogP contribution in [0, 0.1) is 24.2 Å². The molecule has 2 atom stereocenters. The largest absolute Gasteiger partial charge is 0.491 e. The van der Waals surface area contributed by atoms with E-state index in [0.29, 0.717) is 18.6 Å². The highest BCUT2D eigenvalue weighted by Crippen LogP contribution is 2.44. The van der Waals surface area contributed by atoms with Gasteiger partial charge in [0.25, 0.3) is 0 Å². The molecule has 0 unspecified atom stereocenters. The summed E-state index contributed by atoms with van der Waals surface area (Å²) in [6, 6.07) is 8.96. The van der Waals surface area contributed by atoms with Gasteiger partial charge >= 0.3 is 5.97 Å². The Bertz CT molecular complexity index is 1370. The van der Waals surface area contributed by atoms with Crippen LogP contribution in [0.5, 0.6) is 5.75 Å². The standard InChI is InChI=1S/C27H26BrCl2N3O5S/c1-5-14-8-16(28)7-13(3)23(14)32-20(34)12-39-26-17(11-31)21(22(25(35)33-26)27(36)37-4)15-9-18(29)24(38-6-2)19(30)10-15/h7-10,21-22H,5-6,12H2,1-4H3,(H,32,34)(H,33,35)/t21-,22+/m0/s1. The third-order valence-electron chi connectivity index (χ3n) is 6.03. The molecule has 39 heavy (non-hydrogen) atoms. The van der Waals surface area contributed by atoms with E-state index in [2.05, 4.69) is 32.6 Å². The summed E-state index contributed by atoms with van der Waals surface area (Å²) < 4.78 is 11.3. The highest BCUT2D eigenvalue weighted by Gasteiger charge is 2.44. The number of nitriles is 1. The van der Waals surface area contributed by atoms with Gasteiger partial charge in [0.1, 0.15) is 5.92 Å². The first kappa shape index (κ1) is 30.8. The maximum Gasteiger partial charge on any atom is 0.319 e. The lowest BCUT2D eigenvalue weighted by molar-refractivity contribution is -0.150. The lowest BCUT2D eigenvalue weighted by Crippen LogP contribution is -2.44. The van der Waals surface area contributed by atoms with Crippen LogP contribution < -0.4 is 15.4 Å². The molecule has 0 aromatic heterocycles. The molecule has 2 aromatic carbocycles. The normalized spacial score (nSPS) is 16.8. The van der Waals surface area contributed by atoms with Crippen molar-refractivity contribution in [2.24, 2.45) is 5.92 Å². The number of ether oxygens (including phenoxy) is 2. The van der Waals surface area contributed by atoms with Crippen molar-refractivity contribution in [3.05, 3.63) is 66.1 Å². The summed E-state index contributed by atoms with van der Waals surface area (Å²) in [7, 11) is 1.16. The molecule has 1 aliphatic rings. The second kappa shape index (κ2) is 13.6. The van der Waals surface area contributed by atoms with Crippen LogP contribution in [-0.2, 0) is 25.5 Å². The van der Waals surface area contributed by atoms with Gasteiger partial charge in [-0.3, -0.25) is 14.4 Å². The Morgan fingerprint density at radius 3 is 2.44 bits per heavy atom. The van der Waals surface area contributed by atoms with Gasteiger partial charge in [0.2, 0.25) is 11.8 Å². The Balaban J connectivity index is 1.98. The third kappa shape index (κ3) is 6.90. The molecule has 8 nitrogen and oxygen atoms in total. The summed E-state index contributed by atoms with van der Waals surface area (Å²) >= 11 is 17.3. The molecule has 0 fully saturated rings. The number of carbonyl (C=O) groups excluding carboxylic acids is 3. The van der Waals surface area contributed by atoms with E-state index >= 15 is 0 Å². The van der Waals surface area contributed by atoms with Gasteiger partial charge in [-0.25, -0.2) is 0 Å². The highest BCUT2D eigenvalue weighted by atomic mass is 79.9. The minimum absolute atomic E-state index is 0.0770. The zero-order chi connectivity index (χ0) is 28.9. The zero-order valence-electron chi connectivity index (χ0n) is 21.6.